The van der Waals surface area contributed by atoms with Gasteiger partial charge in [-0.3, -0.25) is 9.59 Å². The van der Waals surface area contributed by atoms with Gasteiger partial charge in [0, 0.05) is 16.3 Å². The highest BCUT2D eigenvalue weighted by atomic mass is 32.1. The van der Waals surface area contributed by atoms with Gasteiger partial charge in [-0.1, -0.05) is 12.2 Å². The molecule has 106 valence electrons. The van der Waals surface area contributed by atoms with Gasteiger partial charge in [0.15, 0.2) is 0 Å². The minimum Gasteiger partial charge on any atom is -0.481 e. The summed E-state index contributed by atoms with van der Waals surface area (Å²) in [6, 6.07) is -0.164. The lowest BCUT2D eigenvalue weighted by molar-refractivity contribution is -0.140. The molecule has 0 aromatic carbocycles. The third-order valence-corrected chi connectivity index (χ3v) is 5.11. The SMILES string of the molecule is O=C(NC1C=CC(C(=O)O)C1)c1csc2c1CCCC2. The van der Waals surface area contributed by atoms with Gasteiger partial charge in [-0.25, -0.2) is 0 Å². The van der Waals surface area contributed by atoms with Crippen molar-refractivity contribution in [2.24, 2.45) is 5.92 Å². The lowest BCUT2D eigenvalue weighted by atomic mass is 9.95. The van der Waals surface area contributed by atoms with E-state index in [0.29, 0.717) is 6.42 Å². The largest absolute Gasteiger partial charge is 0.481 e. The summed E-state index contributed by atoms with van der Waals surface area (Å²) in [7, 11) is 0. The quantitative estimate of drug-likeness (QED) is 0.840. The molecular weight excluding hydrogens is 274 g/mol. The molecule has 0 fully saturated rings. The van der Waals surface area contributed by atoms with Crippen LogP contribution in [0.1, 0.15) is 40.1 Å². The van der Waals surface area contributed by atoms with Crippen molar-refractivity contribution in [2.75, 3.05) is 0 Å². The standard InChI is InChI=1S/C15H17NO3S/c17-14(16-10-6-5-9(7-10)15(18)19)12-8-20-13-4-2-1-3-11(12)13/h5-6,8-10H,1-4,7H2,(H,16,17)(H,18,19). The first-order valence-corrected chi connectivity index (χ1v) is 7.84. The van der Waals surface area contributed by atoms with Gasteiger partial charge in [0.1, 0.15) is 0 Å². The zero-order chi connectivity index (χ0) is 14.1. The van der Waals surface area contributed by atoms with Gasteiger partial charge in [0.05, 0.1) is 11.5 Å². The second kappa shape index (κ2) is 5.40. The Morgan fingerprint density at radius 2 is 2.05 bits per heavy atom. The third kappa shape index (κ3) is 2.50. The molecule has 2 atom stereocenters. The number of carboxylic acid groups (broad SMARTS) is 1. The summed E-state index contributed by atoms with van der Waals surface area (Å²) >= 11 is 1.67. The molecule has 1 amide bonds. The van der Waals surface area contributed by atoms with Crippen molar-refractivity contribution in [1.29, 1.82) is 0 Å². The summed E-state index contributed by atoms with van der Waals surface area (Å²) in [5.74, 6) is -1.37. The van der Waals surface area contributed by atoms with Gasteiger partial charge >= 0.3 is 5.97 Å². The normalized spacial score (nSPS) is 24.4. The molecule has 0 bridgehead atoms. The summed E-state index contributed by atoms with van der Waals surface area (Å²) in [6.45, 7) is 0. The molecule has 20 heavy (non-hydrogen) atoms. The van der Waals surface area contributed by atoms with Crippen LogP contribution in [0.4, 0.5) is 0 Å². The van der Waals surface area contributed by atoms with Gasteiger partial charge < -0.3 is 10.4 Å². The zero-order valence-electron chi connectivity index (χ0n) is 11.1. The molecule has 2 aliphatic carbocycles. The lowest BCUT2D eigenvalue weighted by Gasteiger charge is -2.15. The molecule has 0 radical (unpaired) electrons. The topological polar surface area (TPSA) is 66.4 Å². The Kier molecular flexibility index (Phi) is 3.61. The van der Waals surface area contributed by atoms with Crippen LogP contribution in [0.3, 0.4) is 0 Å². The van der Waals surface area contributed by atoms with Crippen LogP contribution in [-0.2, 0) is 17.6 Å². The monoisotopic (exact) mass is 291 g/mol. The summed E-state index contributed by atoms with van der Waals surface area (Å²) in [6.07, 6.45) is 8.32. The number of amides is 1. The first-order valence-electron chi connectivity index (χ1n) is 6.96. The first-order chi connectivity index (χ1) is 9.65. The number of hydrogen-bond acceptors (Lipinski definition) is 3. The van der Waals surface area contributed by atoms with E-state index in [1.807, 2.05) is 5.38 Å². The molecule has 0 saturated heterocycles. The van der Waals surface area contributed by atoms with E-state index in [2.05, 4.69) is 5.32 Å². The highest BCUT2D eigenvalue weighted by molar-refractivity contribution is 7.10. The average molecular weight is 291 g/mol. The molecule has 1 heterocycles. The smallest absolute Gasteiger partial charge is 0.310 e. The van der Waals surface area contributed by atoms with E-state index in [9.17, 15) is 9.59 Å². The number of fused-ring (bicyclic) bond motifs is 1. The molecule has 2 N–H and O–H groups in total. The number of carbonyl (C=O) groups excluding carboxylic acids is 1. The molecule has 0 saturated carbocycles. The van der Waals surface area contributed by atoms with Crippen LogP contribution < -0.4 is 5.32 Å². The maximum atomic E-state index is 12.3. The summed E-state index contributed by atoms with van der Waals surface area (Å²) in [5, 5.41) is 13.8. The van der Waals surface area contributed by atoms with Gasteiger partial charge in [-0.15, -0.1) is 11.3 Å². The Morgan fingerprint density at radius 3 is 2.80 bits per heavy atom. The molecule has 5 heteroatoms. The Labute approximate surface area is 121 Å². The zero-order valence-corrected chi connectivity index (χ0v) is 11.9. The summed E-state index contributed by atoms with van der Waals surface area (Å²) < 4.78 is 0. The number of carbonyl (C=O) groups is 2. The number of hydrogen-bond donors (Lipinski definition) is 2. The highest BCUT2D eigenvalue weighted by Crippen LogP contribution is 2.30. The minimum atomic E-state index is -0.828. The van der Waals surface area contributed by atoms with E-state index in [4.69, 9.17) is 5.11 Å². The Bertz CT molecular complexity index is 576. The number of thiophene rings is 1. The molecule has 4 nitrogen and oxygen atoms in total. The predicted molar refractivity (Wildman–Crippen MR) is 77.1 cm³/mol. The van der Waals surface area contributed by atoms with Crippen molar-refractivity contribution < 1.29 is 14.7 Å². The number of rotatable bonds is 3. The van der Waals surface area contributed by atoms with Gasteiger partial charge in [-0.2, -0.15) is 0 Å². The van der Waals surface area contributed by atoms with E-state index in [0.717, 1.165) is 24.8 Å². The fourth-order valence-corrected chi connectivity index (χ4v) is 4.05. The molecule has 1 aromatic heterocycles. The number of aryl methyl sites for hydroxylation is 1. The van der Waals surface area contributed by atoms with E-state index in [1.54, 1.807) is 23.5 Å². The summed E-state index contributed by atoms with van der Waals surface area (Å²) in [5.41, 5.74) is 1.99. The molecular formula is C15H17NO3S. The third-order valence-electron chi connectivity index (χ3n) is 4.02. The van der Waals surface area contributed by atoms with Crippen LogP contribution in [0.15, 0.2) is 17.5 Å². The number of nitrogens with one attached hydrogen (secondary N) is 1. The van der Waals surface area contributed by atoms with E-state index < -0.39 is 11.9 Å². The van der Waals surface area contributed by atoms with Crippen molar-refractivity contribution in [3.63, 3.8) is 0 Å². The maximum absolute atomic E-state index is 12.3. The van der Waals surface area contributed by atoms with E-state index in [-0.39, 0.29) is 11.9 Å². The molecule has 0 spiro atoms. The Hall–Kier alpha value is -1.62. The Morgan fingerprint density at radius 1 is 1.25 bits per heavy atom. The van der Waals surface area contributed by atoms with Crippen molar-refractivity contribution in [1.82, 2.24) is 5.32 Å². The van der Waals surface area contributed by atoms with Crippen molar-refractivity contribution in [2.45, 2.75) is 38.1 Å². The van der Waals surface area contributed by atoms with Crippen LogP contribution in [0.2, 0.25) is 0 Å². The van der Waals surface area contributed by atoms with Crippen molar-refractivity contribution in [3.05, 3.63) is 33.5 Å². The summed E-state index contributed by atoms with van der Waals surface area (Å²) in [4.78, 5) is 24.6. The predicted octanol–water partition coefficient (Wildman–Crippen LogP) is 2.39. The Balaban J connectivity index is 1.67. The van der Waals surface area contributed by atoms with E-state index in [1.165, 1.54) is 16.9 Å². The van der Waals surface area contributed by atoms with Crippen molar-refractivity contribution in [3.8, 4) is 0 Å². The molecule has 2 aliphatic rings. The van der Waals surface area contributed by atoms with Crippen LogP contribution in [0.5, 0.6) is 0 Å². The second-order valence-corrected chi connectivity index (χ2v) is 6.37. The number of aliphatic carboxylic acids is 1. The fraction of sp³-hybridized carbons (Fsp3) is 0.467. The molecule has 1 aromatic rings. The van der Waals surface area contributed by atoms with Gasteiger partial charge in [0.25, 0.3) is 5.91 Å². The van der Waals surface area contributed by atoms with Gasteiger partial charge in [0.2, 0.25) is 0 Å². The van der Waals surface area contributed by atoms with Crippen molar-refractivity contribution >= 4 is 23.2 Å². The number of carboxylic acids is 1. The molecule has 2 unspecified atom stereocenters. The average Bonchev–Trinajstić information content (AvgIpc) is 3.04. The molecule has 0 aliphatic heterocycles. The second-order valence-electron chi connectivity index (χ2n) is 5.40. The molecule has 3 rings (SSSR count). The van der Waals surface area contributed by atoms with Crippen LogP contribution in [-0.4, -0.2) is 23.0 Å². The minimum absolute atomic E-state index is 0.0647. The van der Waals surface area contributed by atoms with E-state index >= 15 is 0 Å². The maximum Gasteiger partial charge on any atom is 0.310 e. The fourth-order valence-electron chi connectivity index (χ4n) is 2.92. The van der Waals surface area contributed by atoms with Gasteiger partial charge in [-0.05, 0) is 37.7 Å². The van der Waals surface area contributed by atoms with Crippen LogP contribution >= 0.6 is 11.3 Å². The first kappa shape index (κ1) is 13.4. The lowest BCUT2D eigenvalue weighted by Crippen LogP contribution is -2.33. The van der Waals surface area contributed by atoms with Crippen LogP contribution in [0, 0.1) is 5.92 Å². The van der Waals surface area contributed by atoms with Crippen LogP contribution in [0.25, 0.3) is 0 Å². The highest BCUT2D eigenvalue weighted by Gasteiger charge is 2.27.